The second-order valence-corrected chi connectivity index (χ2v) is 5.05. The normalized spacial score (nSPS) is 10.5. The molecule has 0 atom stereocenters. The molecular weight excluding hydrogens is 234 g/mol. The van der Waals surface area contributed by atoms with Crippen LogP contribution in [0.1, 0.15) is 22.4 Å². The van der Waals surface area contributed by atoms with Crippen LogP contribution in [0.25, 0.3) is 0 Å². The molecule has 3 nitrogen and oxygen atoms in total. The number of anilines is 2. The number of hydrogen-bond acceptors (Lipinski definition) is 2. The molecule has 19 heavy (non-hydrogen) atoms. The summed E-state index contributed by atoms with van der Waals surface area (Å²) < 4.78 is 2.07. The van der Waals surface area contributed by atoms with Crippen LogP contribution in [0.4, 0.5) is 11.6 Å². The molecule has 1 N–H and O–H groups in total. The van der Waals surface area contributed by atoms with Crippen LogP contribution < -0.4 is 5.32 Å². The first-order chi connectivity index (χ1) is 9.01. The Hall–Kier alpha value is -2.03. The number of allylic oxidation sites excluding steroid dienone is 1. The molecule has 0 spiro atoms. The van der Waals surface area contributed by atoms with Crippen molar-refractivity contribution in [1.29, 1.82) is 0 Å². The summed E-state index contributed by atoms with van der Waals surface area (Å²) in [7, 11) is 0. The second-order valence-electron chi connectivity index (χ2n) is 5.05. The third kappa shape index (κ3) is 2.87. The van der Waals surface area contributed by atoms with Crippen molar-refractivity contribution >= 4 is 11.6 Å². The number of aromatic nitrogens is 2. The monoisotopic (exact) mass is 255 g/mol. The zero-order valence-corrected chi connectivity index (χ0v) is 12.1. The number of rotatable bonds is 4. The molecule has 0 amide bonds. The number of imidazole rings is 1. The topological polar surface area (TPSA) is 29.9 Å². The minimum Gasteiger partial charge on any atom is -0.325 e. The first kappa shape index (κ1) is 13.4. The van der Waals surface area contributed by atoms with Gasteiger partial charge in [0.1, 0.15) is 0 Å². The van der Waals surface area contributed by atoms with Crippen LogP contribution in [0.15, 0.2) is 31.0 Å². The molecule has 0 unspecified atom stereocenters. The molecule has 1 aromatic heterocycles. The molecule has 0 bridgehead atoms. The zero-order valence-electron chi connectivity index (χ0n) is 12.1. The van der Waals surface area contributed by atoms with Gasteiger partial charge in [-0.05, 0) is 38.8 Å². The Balaban J connectivity index is 2.38. The van der Waals surface area contributed by atoms with E-state index < -0.39 is 0 Å². The van der Waals surface area contributed by atoms with Gasteiger partial charge in [0.05, 0.1) is 5.69 Å². The van der Waals surface area contributed by atoms with E-state index in [-0.39, 0.29) is 0 Å². The summed E-state index contributed by atoms with van der Waals surface area (Å²) in [6.45, 7) is 12.9. The van der Waals surface area contributed by atoms with Gasteiger partial charge in [0, 0.05) is 18.4 Å². The van der Waals surface area contributed by atoms with Gasteiger partial charge in [-0.25, -0.2) is 4.98 Å². The van der Waals surface area contributed by atoms with Crippen LogP contribution in [0.3, 0.4) is 0 Å². The van der Waals surface area contributed by atoms with Crippen molar-refractivity contribution in [2.24, 2.45) is 0 Å². The number of benzene rings is 1. The molecule has 2 rings (SSSR count). The van der Waals surface area contributed by atoms with Crippen LogP contribution in [0, 0.1) is 27.7 Å². The summed E-state index contributed by atoms with van der Waals surface area (Å²) in [5.74, 6) is 0.868. The Labute approximate surface area is 115 Å². The third-order valence-electron chi connectivity index (χ3n) is 3.14. The number of nitrogens with one attached hydrogen (secondary N) is 1. The van der Waals surface area contributed by atoms with E-state index in [2.05, 4.69) is 54.4 Å². The first-order valence-corrected chi connectivity index (χ1v) is 6.51. The fourth-order valence-electron chi connectivity index (χ4n) is 2.41. The van der Waals surface area contributed by atoms with Crippen molar-refractivity contribution in [2.75, 3.05) is 5.32 Å². The minimum atomic E-state index is 0.757. The van der Waals surface area contributed by atoms with E-state index in [1.165, 1.54) is 16.7 Å². The predicted molar refractivity (Wildman–Crippen MR) is 81.1 cm³/mol. The van der Waals surface area contributed by atoms with Gasteiger partial charge >= 0.3 is 0 Å². The lowest BCUT2D eigenvalue weighted by Crippen LogP contribution is -2.04. The molecule has 0 aliphatic heterocycles. The predicted octanol–water partition coefficient (Wildman–Crippen LogP) is 4.05. The molecular formula is C16H21N3. The number of nitrogens with zero attached hydrogens (tertiary/aromatic N) is 2. The van der Waals surface area contributed by atoms with E-state index >= 15 is 0 Å². The average molecular weight is 255 g/mol. The van der Waals surface area contributed by atoms with Crippen molar-refractivity contribution in [3.63, 3.8) is 0 Å². The third-order valence-corrected chi connectivity index (χ3v) is 3.14. The molecule has 0 fully saturated rings. The fraction of sp³-hybridized carbons (Fsp3) is 0.312. The second kappa shape index (κ2) is 5.31. The molecule has 1 aromatic carbocycles. The van der Waals surface area contributed by atoms with Gasteiger partial charge in [0.2, 0.25) is 5.95 Å². The van der Waals surface area contributed by atoms with Crippen molar-refractivity contribution < 1.29 is 0 Å². The standard InChI is InChI=1S/C16H21N3/c1-6-7-19-10-14(5)17-16(19)18-15-12(3)8-11(2)9-13(15)4/h6,8-10H,1,7H2,2-5H3,(H,17,18). The van der Waals surface area contributed by atoms with Gasteiger partial charge in [-0.1, -0.05) is 23.8 Å². The zero-order chi connectivity index (χ0) is 14.0. The lowest BCUT2D eigenvalue weighted by atomic mass is 10.1. The summed E-state index contributed by atoms with van der Waals surface area (Å²) in [6, 6.07) is 4.37. The smallest absolute Gasteiger partial charge is 0.207 e. The molecule has 0 radical (unpaired) electrons. The largest absolute Gasteiger partial charge is 0.325 e. The van der Waals surface area contributed by atoms with Gasteiger partial charge in [-0.3, -0.25) is 0 Å². The van der Waals surface area contributed by atoms with Gasteiger partial charge in [-0.15, -0.1) is 6.58 Å². The Morgan fingerprint density at radius 3 is 2.42 bits per heavy atom. The Bertz CT molecular complexity index is 585. The highest BCUT2D eigenvalue weighted by Crippen LogP contribution is 2.25. The molecule has 0 saturated heterocycles. The van der Waals surface area contributed by atoms with Crippen LogP contribution in [0.2, 0.25) is 0 Å². The van der Waals surface area contributed by atoms with Crippen LogP contribution >= 0.6 is 0 Å². The van der Waals surface area contributed by atoms with Crippen molar-refractivity contribution in [3.8, 4) is 0 Å². The van der Waals surface area contributed by atoms with Gasteiger partial charge in [0.25, 0.3) is 0 Å². The lowest BCUT2D eigenvalue weighted by Gasteiger charge is -2.14. The van der Waals surface area contributed by atoms with E-state index in [4.69, 9.17) is 0 Å². The molecule has 0 saturated carbocycles. The molecule has 2 aromatic rings. The van der Waals surface area contributed by atoms with Crippen molar-refractivity contribution in [3.05, 3.63) is 53.4 Å². The summed E-state index contributed by atoms with van der Waals surface area (Å²) in [5.41, 5.74) is 5.91. The van der Waals surface area contributed by atoms with E-state index in [0.717, 1.165) is 23.9 Å². The Kier molecular flexibility index (Phi) is 3.74. The van der Waals surface area contributed by atoms with E-state index in [0.29, 0.717) is 0 Å². The highest BCUT2D eigenvalue weighted by Gasteiger charge is 2.09. The fourth-order valence-corrected chi connectivity index (χ4v) is 2.41. The van der Waals surface area contributed by atoms with E-state index in [9.17, 15) is 0 Å². The Morgan fingerprint density at radius 2 is 1.84 bits per heavy atom. The summed E-state index contributed by atoms with van der Waals surface area (Å²) >= 11 is 0. The quantitative estimate of drug-likeness (QED) is 0.835. The first-order valence-electron chi connectivity index (χ1n) is 6.51. The summed E-state index contributed by atoms with van der Waals surface area (Å²) in [5, 5.41) is 3.45. The van der Waals surface area contributed by atoms with Crippen LogP contribution in [-0.2, 0) is 6.54 Å². The number of aryl methyl sites for hydroxylation is 4. The molecule has 0 aliphatic carbocycles. The maximum atomic E-state index is 4.53. The van der Waals surface area contributed by atoms with Crippen LogP contribution in [-0.4, -0.2) is 9.55 Å². The summed E-state index contributed by atoms with van der Waals surface area (Å²) in [4.78, 5) is 4.53. The van der Waals surface area contributed by atoms with Gasteiger partial charge in [-0.2, -0.15) is 0 Å². The van der Waals surface area contributed by atoms with Gasteiger partial charge < -0.3 is 9.88 Å². The number of hydrogen-bond donors (Lipinski definition) is 1. The summed E-state index contributed by atoms with van der Waals surface area (Å²) in [6.07, 6.45) is 3.91. The van der Waals surface area contributed by atoms with Crippen molar-refractivity contribution in [2.45, 2.75) is 34.2 Å². The minimum absolute atomic E-state index is 0.757. The van der Waals surface area contributed by atoms with E-state index in [1.807, 2.05) is 19.2 Å². The SMILES string of the molecule is C=CCn1cc(C)nc1Nc1c(C)cc(C)cc1C. The van der Waals surface area contributed by atoms with Crippen LogP contribution in [0.5, 0.6) is 0 Å². The molecule has 1 heterocycles. The average Bonchev–Trinajstić information content (AvgIpc) is 2.64. The van der Waals surface area contributed by atoms with Crippen molar-refractivity contribution in [1.82, 2.24) is 9.55 Å². The van der Waals surface area contributed by atoms with Gasteiger partial charge in [0.15, 0.2) is 0 Å². The maximum Gasteiger partial charge on any atom is 0.207 e. The molecule has 0 aliphatic rings. The highest BCUT2D eigenvalue weighted by molar-refractivity contribution is 5.64. The molecule has 3 heteroatoms. The highest BCUT2D eigenvalue weighted by atomic mass is 15.2. The lowest BCUT2D eigenvalue weighted by molar-refractivity contribution is 0.831. The maximum absolute atomic E-state index is 4.53. The van der Waals surface area contributed by atoms with E-state index in [1.54, 1.807) is 0 Å². The molecule has 100 valence electrons. The Morgan fingerprint density at radius 1 is 1.21 bits per heavy atom.